The Balaban J connectivity index is 2.40. The molecular formula is C15H14AsF3INO3S. The number of hydrogen-bond acceptors (Lipinski definition) is 3. The number of nitrogens with one attached hydrogen (secondary N) is 1. The van der Waals surface area contributed by atoms with Gasteiger partial charge in [0.15, 0.2) is 0 Å². The molecular weight excluding hydrogens is 533 g/mol. The van der Waals surface area contributed by atoms with Gasteiger partial charge in [-0.2, -0.15) is 0 Å². The van der Waals surface area contributed by atoms with Crippen molar-refractivity contribution in [1.82, 2.24) is 0 Å². The molecule has 0 aliphatic rings. The van der Waals surface area contributed by atoms with Gasteiger partial charge in [-0.25, -0.2) is 0 Å². The molecule has 2 N–H and O–H groups in total. The number of halogens is 4. The fourth-order valence-corrected chi connectivity index (χ4v) is 6.10. The van der Waals surface area contributed by atoms with Crippen molar-refractivity contribution in [3.05, 3.63) is 51.4 Å². The van der Waals surface area contributed by atoms with E-state index < -0.39 is 43.2 Å². The second-order valence-electron chi connectivity index (χ2n) is 5.03. The van der Waals surface area contributed by atoms with Gasteiger partial charge in [0.1, 0.15) is 0 Å². The number of hydrogen-bond donors (Lipinski definition) is 2. The molecule has 0 radical (unpaired) electrons. The van der Waals surface area contributed by atoms with E-state index in [0.29, 0.717) is 3.57 Å². The summed E-state index contributed by atoms with van der Waals surface area (Å²) in [4.78, 5) is 0. The van der Waals surface area contributed by atoms with Gasteiger partial charge in [-0.3, -0.25) is 0 Å². The van der Waals surface area contributed by atoms with Gasteiger partial charge in [-0.15, -0.1) is 0 Å². The summed E-state index contributed by atoms with van der Waals surface area (Å²) in [6.07, 6.45) is 0.0103. The summed E-state index contributed by atoms with van der Waals surface area (Å²) < 4.78 is 68.8. The van der Waals surface area contributed by atoms with Crippen molar-refractivity contribution in [2.24, 2.45) is 0 Å². The van der Waals surface area contributed by atoms with Crippen molar-refractivity contribution in [2.45, 2.75) is 6.42 Å². The fraction of sp³-hybridized carbons (Fsp3) is 0.200. The molecule has 1 atom stereocenters. The molecule has 2 rings (SSSR count). The Bertz CT molecular complexity index is 881. The monoisotopic (exact) mass is 547 g/mol. The second-order valence-corrected chi connectivity index (χ2v) is 10.8. The number of rotatable bonds is 7. The average Bonchev–Trinajstić information content (AvgIpc) is 2.54. The number of aliphatic hydroxyl groups excluding tert-OH is 1. The topological polar surface area (TPSA) is 66.4 Å². The Kier molecular flexibility index (Phi) is 7.18. The second kappa shape index (κ2) is 8.74. The van der Waals surface area contributed by atoms with Crippen molar-refractivity contribution < 1.29 is 26.7 Å². The summed E-state index contributed by atoms with van der Waals surface area (Å²) in [5.41, 5.74) is -0.102. The zero-order valence-electron chi connectivity index (χ0n) is 12.7. The van der Waals surface area contributed by atoms with Crippen LogP contribution in [0.4, 0.5) is 18.9 Å². The van der Waals surface area contributed by atoms with Gasteiger partial charge in [0.2, 0.25) is 0 Å². The average molecular weight is 547 g/mol. The van der Waals surface area contributed by atoms with Crippen LogP contribution in [0.2, 0.25) is 0 Å². The molecule has 2 aromatic carbocycles. The molecule has 0 saturated carbocycles. The van der Waals surface area contributed by atoms with Crippen LogP contribution in [-0.2, 0) is 10.0 Å². The number of sulfonamides is 1. The van der Waals surface area contributed by atoms with Crippen molar-refractivity contribution >= 4 is 62.8 Å². The number of aliphatic hydroxyl groups is 1. The van der Waals surface area contributed by atoms with Gasteiger partial charge in [0.25, 0.3) is 0 Å². The van der Waals surface area contributed by atoms with Gasteiger partial charge >= 0.3 is 164 Å². The van der Waals surface area contributed by atoms with Crippen LogP contribution in [0.25, 0.3) is 0 Å². The minimum atomic E-state index is -3.83. The third-order valence-corrected chi connectivity index (χ3v) is 8.12. The minimum absolute atomic E-state index is 0.0103. The molecule has 10 heteroatoms. The zero-order valence-corrected chi connectivity index (χ0v) is 17.8. The zero-order chi connectivity index (χ0) is 18.6. The Morgan fingerprint density at radius 2 is 1.84 bits per heavy atom. The summed E-state index contributed by atoms with van der Waals surface area (Å²) in [7, 11) is -3.83. The van der Waals surface area contributed by atoms with Gasteiger partial charge in [0, 0.05) is 0 Å². The summed E-state index contributed by atoms with van der Waals surface area (Å²) in [5.74, 6) is -3.20. The summed E-state index contributed by atoms with van der Waals surface area (Å²) >= 11 is 0.264. The summed E-state index contributed by atoms with van der Waals surface area (Å²) in [5, 5.41) is 8.74. The van der Waals surface area contributed by atoms with Gasteiger partial charge in [-0.05, 0) is 0 Å². The molecule has 136 valence electrons. The fourth-order valence-electron chi connectivity index (χ4n) is 1.96. The molecule has 0 aliphatic heterocycles. The standard InChI is InChI=1S/C15H14AsF3INO3S/c17-11-4-5-13(21-25(23,24)7-1-6-22)14(15(11)19)16-10-3-2-9(20)8-12(10)18/h2-5,8,16,21-22H,1,6-7H2. The molecule has 0 aliphatic carbocycles. The van der Waals surface area contributed by atoms with E-state index in [0.717, 1.165) is 12.1 Å². The Morgan fingerprint density at radius 3 is 2.48 bits per heavy atom. The first kappa shape index (κ1) is 20.5. The van der Waals surface area contributed by atoms with Crippen LogP contribution in [0.1, 0.15) is 6.42 Å². The Hall–Kier alpha value is -0.772. The van der Waals surface area contributed by atoms with Crippen LogP contribution in [0.5, 0.6) is 0 Å². The molecule has 0 spiro atoms. The van der Waals surface area contributed by atoms with Crippen LogP contribution in [0.3, 0.4) is 0 Å². The van der Waals surface area contributed by atoms with E-state index in [9.17, 15) is 21.6 Å². The van der Waals surface area contributed by atoms with Crippen LogP contribution in [0.15, 0.2) is 30.3 Å². The molecule has 0 aromatic heterocycles. The Labute approximate surface area is 163 Å². The molecule has 2 aromatic rings. The SMILES string of the molecule is O=S(=O)(CCCO)Nc1ccc(F)c(F)c1[AsH]c1ccc(I)cc1F. The van der Waals surface area contributed by atoms with Gasteiger partial charge in [-0.1, -0.05) is 0 Å². The van der Waals surface area contributed by atoms with E-state index in [4.69, 9.17) is 5.11 Å². The van der Waals surface area contributed by atoms with Crippen molar-refractivity contribution in [3.8, 4) is 0 Å². The molecule has 1 unspecified atom stereocenters. The predicted octanol–water partition coefficient (Wildman–Crippen LogP) is 1.22. The van der Waals surface area contributed by atoms with Crippen molar-refractivity contribution in [2.75, 3.05) is 17.1 Å². The first-order valence-corrected chi connectivity index (χ1v) is 11.9. The van der Waals surface area contributed by atoms with Crippen LogP contribution in [-0.4, -0.2) is 41.6 Å². The number of anilines is 1. The van der Waals surface area contributed by atoms with E-state index in [-0.39, 0.29) is 33.2 Å². The van der Waals surface area contributed by atoms with Crippen LogP contribution in [0, 0.1) is 21.0 Å². The maximum absolute atomic E-state index is 14.2. The van der Waals surface area contributed by atoms with E-state index in [2.05, 4.69) is 4.72 Å². The van der Waals surface area contributed by atoms with Crippen LogP contribution >= 0.6 is 22.6 Å². The molecule has 4 nitrogen and oxygen atoms in total. The maximum atomic E-state index is 14.2. The van der Waals surface area contributed by atoms with E-state index >= 15 is 0 Å². The van der Waals surface area contributed by atoms with Crippen LogP contribution < -0.4 is 13.4 Å². The molecule has 0 heterocycles. The molecule has 0 amide bonds. The predicted molar refractivity (Wildman–Crippen MR) is 101 cm³/mol. The normalized spacial score (nSPS) is 12.0. The first-order valence-electron chi connectivity index (χ1n) is 7.05. The third-order valence-electron chi connectivity index (χ3n) is 3.12. The number of benzene rings is 2. The third kappa shape index (κ3) is 5.60. The van der Waals surface area contributed by atoms with Gasteiger partial charge in [0.05, 0.1) is 0 Å². The molecule has 0 fully saturated rings. The summed E-state index contributed by atoms with van der Waals surface area (Å²) in [6.45, 7) is -0.312. The van der Waals surface area contributed by atoms with Crippen molar-refractivity contribution in [1.29, 1.82) is 0 Å². The quantitative estimate of drug-likeness (QED) is 0.405. The molecule has 25 heavy (non-hydrogen) atoms. The van der Waals surface area contributed by atoms with E-state index in [1.165, 1.54) is 12.1 Å². The summed E-state index contributed by atoms with van der Waals surface area (Å²) in [6, 6.07) is 6.36. The first-order chi connectivity index (χ1) is 11.7. The molecule has 0 saturated heterocycles. The van der Waals surface area contributed by atoms with Crippen molar-refractivity contribution in [3.63, 3.8) is 0 Å². The van der Waals surface area contributed by atoms with E-state index in [1.54, 1.807) is 6.07 Å². The molecule has 0 bridgehead atoms. The van der Waals surface area contributed by atoms with E-state index in [1.807, 2.05) is 22.6 Å². The van der Waals surface area contributed by atoms with Gasteiger partial charge < -0.3 is 0 Å². The Morgan fingerprint density at radius 1 is 1.12 bits per heavy atom.